The summed E-state index contributed by atoms with van der Waals surface area (Å²) in [7, 11) is 0. The number of aromatic nitrogens is 4. The maximum Gasteiger partial charge on any atom is 0.320 e. The van der Waals surface area contributed by atoms with Gasteiger partial charge in [0.2, 0.25) is 0 Å². The summed E-state index contributed by atoms with van der Waals surface area (Å²) in [6.45, 7) is 4.63. The lowest BCUT2D eigenvalue weighted by atomic mass is 10.0. The zero-order valence-corrected chi connectivity index (χ0v) is 18.9. The van der Waals surface area contributed by atoms with Crippen LogP contribution in [0.5, 0.6) is 0 Å². The molecule has 0 atom stereocenters. The summed E-state index contributed by atoms with van der Waals surface area (Å²) in [5.74, 6) is 0.762. The van der Waals surface area contributed by atoms with Gasteiger partial charge < -0.3 is 25.4 Å². The van der Waals surface area contributed by atoms with E-state index >= 15 is 0 Å². The van der Waals surface area contributed by atoms with Crippen LogP contribution >= 0.6 is 11.3 Å². The van der Waals surface area contributed by atoms with Gasteiger partial charge in [-0.2, -0.15) is 0 Å². The molecule has 1 aromatic carbocycles. The molecule has 0 aliphatic carbocycles. The van der Waals surface area contributed by atoms with Crippen molar-refractivity contribution < 1.29 is 4.79 Å². The molecule has 3 aromatic heterocycles. The summed E-state index contributed by atoms with van der Waals surface area (Å²) in [4.78, 5) is 33.3. The second-order valence-electron chi connectivity index (χ2n) is 8.27. The summed E-state index contributed by atoms with van der Waals surface area (Å²) in [5.41, 5.74) is 6.84. The summed E-state index contributed by atoms with van der Waals surface area (Å²) >= 11 is 1.62. The van der Waals surface area contributed by atoms with E-state index in [2.05, 4.69) is 48.8 Å². The molecule has 1 saturated heterocycles. The van der Waals surface area contributed by atoms with Crippen LogP contribution in [0.15, 0.2) is 42.2 Å². The molecular weight excluding hydrogens is 436 g/mol. The maximum atomic E-state index is 12.8. The summed E-state index contributed by atoms with van der Waals surface area (Å²) in [6, 6.07) is 8.34. The van der Waals surface area contributed by atoms with Crippen LogP contribution in [0.2, 0.25) is 0 Å². The largest absolute Gasteiger partial charge is 0.340 e. The Morgan fingerprint density at radius 1 is 1.06 bits per heavy atom. The minimum Gasteiger partial charge on any atom is -0.340 e. The van der Waals surface area contributed by atoms with Gasteiger partial charge in [0, 0.05) is 50.6 Å². The first kappa shape index (κ1) is 20.1. The number of urea groups is 1. The fourth-order valence-electron chi connectivity index (χ4n) is 4.43. The highest BCUT2D eigenvalue weighted by atomic mass is 32.1. The lowest BCUT2D eigenvalue weighted by Gasteiger charge is -2.34. The van der Waals surface area contributed by atoms with Crippen molar-refractivity contribution in [2.75, 3.05) is 44.6 Å². The number of hydrogen-bond donors (Lipinski definition) is 3. The zero-order chi connectivity index (χ0) is 22.2. The number of piperazine rings is 1. The van der Waals surface area contributed by atoms with Gasteiger partial charge >= 0.3 is 6.03 Å². The molecule has 5 heterocycles. The van der Waals surface area contributed by atoms with E-state index in [-0.39, 0.29) is 6.03 Å². The highest BCUT2D eigenvalue weighted by molar-refractivity contribution is 7.16. The first-order valence-electron chi connectivity index (χ1n) is 11.1. The number of amides is 2. The molecule has 1 fully saturated rings. The molecule has 0 radical (unpaired) electrons. The second-order valence-corrected chi connectivity index (χ2v) is 9.16. The first-order chi connectivity index (χ1) is 16.2. The second kappa shape index (κ2) is 8.45. The highest BCUT2D eigenvalue weighted by Gasteiger charge is 2.24. The van der Waals surface area contributed by atoms with Gasteiger partial charge in [-0.1, -0.05) is 6.08 Å². The average molecular weight is 461 g/mol. The predicted octanol–water partition coefficient (Wildman–Crippen LogP) is 3.43. The van der Waals surface area contributed by atoms with Crippen molar-refractivity contribution in [3.63, 3.8) is 0 Å². The van der Waals surface area contributed by atoms with E-state index in [1.807, 2.05) is 27.4 Å². The van der Waals surface area contributed by atoms with Crippen LogP contribution < -0.4 is 10.6 Å². The number of fused-ring (bicyclic) bond motifs is 2. The van der Waals surface area contributed by atoms with Crippen molar-refractivity contribution in [3.05, 3.63) is 47.9 Å². The molecule has 2 aliphatic heterocycles. The third-order valence-corrected chi connectivity index (χ3v) is 7.02. The molecule has 33 heavy (non-hydrogen) atoms. The number of rotatable bonds is 3. The molecule has 6 rings (SSSR count). The Bertz CT molecular complexity index is 1350. The third kappa shape index (κ3) is 3.91. The van der Waals surface area contributed by atoms with E-state index in [9.17, 15) is 4.79 Å². The molecule has 3 N–H and O–H groups in total. The Kier molecular flexibility index (Phi) is 5.16. The van der Waals surface area contributed by atoms with Gasteiger partial charge in [0.25, 0.3) is 0 Å². The molecule has 0 spiro atoms. The molecule has 2 aliphatic rings. The van der Waals surface area contributed by atoms with Gasteiger partial charge in [-0.15, -0.1) is 11.3 Å². The molecule has 0 bridgehead atoms. The minimum absolute atomic E-state index is 0.138. The van der Waals surface area contributed by atoms with E-state index in [0.29, 0.717) is 6.54 Å². The monoisotopic (exact) mass is 460 g/mol. The van der Waals surface area contributed by atoms with E-state index in [1.54, 1.807) is 17.7 Å². The Morgan fingerprint density at radius 2 is 1.97 bits per heavy atom. The lowest BCUT2D eigenvalue weighted by molar-refractivity contribution is 0.151. The molecule has 9 nitrogen and oxygen atoms in total. The molecular formula is C23H24N8OS. The lowest BCUT2D eigenvalue weighted by Crippen LogP contribution is -2.52. The molecule has 168 valence electrons. The van der Waals surface area contributed by atoms with Gasteiger partial charge in [-0.25, -0.2) is 19.7 Å². The van der Waals surface area contributed by atoms with Gasteiger partial charge in [0.1, 0.15) is 17.8 Å². The van der Waals surface area contributed by atoms with E-state index in [4.69, 9.17) is 0 Å². The van der Waals surface area contributed by atoms with Crippen molar-refractivity contribution in [1.29, 1.82) is 0 Å². The Hall–Kier alpha value is -3.50. The first-order valence-corrected chi connectivity index (χ1v) is 12.0. The van der Waals surface area contributed by atoms with Crippen LogP contribution in [0.3, 0.4) is 0 Å². The number of H-pyrrole nitrogens is 1. The topological polar surface area (TPSA) is 102 Å². The fourth-order valence-corrected chi connectivity index (χ4v) is 5.14. The van der Waals surface area contributed by atoms with Crippen LogP contribution in [-0.2, 0) is 0 Å². The Balaban J connectivity index is 1.21. The van der Waals surface area contributed by atoms with E-state index < -0.39 is 0 Å². The highest BCUT2D eigenvalue weighted by Crippen LogP contribution is 2.30. The van der Waals surface area contributed by atoms with Crippen molar-refractivity contribution in [2.24, 2.45) is 0 Å². The Labute approximate surface area is 194 Å². The number of carbonyl (C=O) groups excluding carboxylic acids is 1. The summed E-state index contributed by atoms with van der Waals surface area (Å²) in [5, 5.41) is 7.66. The fraction of sp³-hybridized carbons (Fsp3) is 0.304. The van der Waals surface area contributed by atoms with Gasteiger partial charge in [0.05, 0.1) is 21.1 Å². The van der Waals surface area contributed by atoms with Crippen LogP contribution in [-0.4, -0.2) is 75.0 Å². The van der Waals surface area contributed by atoms with Crippen molar-refractivity contribution in [1.82, 2.24) is 35.1 Å². The summed E-state index contributed by atoms with van der Waals surface area (Å²) in [6.07, 6.45) is 4.52. The predicted molar refractivity (Wildman–Crippen MR) is 131 cm³/mol. The van der Waals surface area contributed by atoms with Crippen LogP contribution in [0.25, 0.3) is 26.8 Å². The van der Waals surface area contributed by atoms with Gasteiger partial charge in [-0.3, -0.25) is 0 Å². The molecule has 0 saturated carbocycles. The van der Waals surface area contributed by atoms with Crippen LogP contribution in [0, 0.1) is 0 Å². The molecule has 10 heteroatoms. The number of hydrogen-bond acceptors (Lipinski definition) is 7. The molecule has 2 amide bonds. The van der Waals surface area contributed by atoms with Crippen molar-refractivity contribution in [3.8, 4) is 0 Å². The quantitative estimate of drug-likeness (QED) is 0.433. The number of benzene rings is 1. The number of carbonyl (C=O) groups is 1. The SMILES string of the molecule is O=C(N1CC=C(c2cc3c(Nc4ccc5ncsc5c4)ncnc3[nH]2)CC1)N1CCNCC1. The number of aromatic amines is 1. The number of thiazole rings is 1. The van der Waals surface area contributed by atoms with E-state index in [1.165, 1.54) is 5.57 Å². The van der Waals surface area contributed by atoms with Gasteiger partial charge in [-0.05, 0) is 36.3 Å². The van der Waals surface area contributed by atoms with Crippen molar-refractivity contribution >= 4 is 55.7 Å². The number of anilines is 2. The minimum atomic E-state index is 0.138. The smallest absolute Gasteiger partial charge is 0.320 e. The number of nitrogens with zero attached hydrogens (tertiary/aromatic N) is 5. The average Bonchev–Trinajstić information content (AvgIpc) is 3.52. The summed E-state index contributed by atoms with van der Waals surface area (Å²) < 4.78 is 1.13. The number of nitrogens with one attached hydrogen (secondary N) is 3. The van der Waals surface area contributed by atoms with Gasteiger partial charge in [0.15, 0.2) is 0 Å². The normalized spacial score (nSPS) is 16.9. The molecule has 0 unspecified atom stereocenters. The van der Waals surface area contributed by atoms with E-state index in [0.717, 1.165) is 77.6 Å². The van der Waals surface area contributed by atoms with Crippen LogP contribution in [0.4, 0.5) is 16.3 Å². The maximum absolute atomic E-state index is 12.8. The molecule has 4 aromatic rings. The third-order valence-electron chi connectivity index (χ3n) is 6.23. The Morgan fingerprint density at radius 3 is 2.82 bits per heavy atom. The van der Waals surface area contributed by atoms with Crippen LogP contribution in [0.1, 0.15) is 12.1 Å². The van der Waals surface area contributed by atoms with Crippen molar-refractivity contribution in [2.45, 2.75) is 6.42 Å². The standard InChI is InChI=1S/C23H24N8OS/c32-23(31-9-5-24-6-10-31)30-7-3-15(4-8-30)19-12-17-21(25-13-26-22(17)29-19)28-16-1-2-18-20(11-16)33-14-27-18/h1-3,11-14,24H,4-10H2,(H2,25,26,28,29). The zero-order valence-electron chi connectivity index (χ0n) is 18.0.